The van der Waals surface area contributed by atoms with E-state index in [-0.39, 0.29) is 12.4 Å². The average Bonchev–Trinajstić information content (AvgIpc) is 1.89. The summed E-state index contributed by atoms with van der Waals surface area (Å²) in [5, 5.41) is 0. The van der Waals surface area contributed by atoms with Crippen LogP contribution in [-0.4, -0.2) is 4.98 Å². The van der Waals surface area contributed by atoms with Crippen molar-refractivity contribution in [1.82, 2.24) is 4.98 Å². The van der Waals surface area contributed by atoms with Gasteiger partial charge in [0.05, 0.1) is 0 Å². The van der Waals surface area contributed by atoms with Gasteiger partial charge in [-0.25, -0.2) is 0 Å². The van der Waals surface area contributed by atoms with Crippen molar-refractivity contribution < 1.29 is 0 Å². The molecule has 0 bridgehead atoms. The molecule has 1 rings (SSSR count). The molecule has 0 aliphatic rings. The predicted molar refractivity (Wildman–Crippen MR) is 45.6 cm³/mol. The fourth-order valence-electron chi connectivity index (χ4n) is 0.891. The molecule has 0 aliphatic carbocycles. The molecule has 1 aromatic rings. The normalized spacial score (nSPS) is 8.60. The molecule has 1 nitrogen and oxygen atoms in total. The zero-order chi connectivity index (χ0) is 6.69. The van der Waals surface area contributed by atoms with Crippen molar-refractivity contribution in [3.05, 3.63) is 29.6 Å². The number of rotatable bonds is 1. The van der Waals surface area contributed by atoms with Gasteiger partial charge in [0.2, 0.25) is 0 Å². The van der Waals surface area contributed by atoms with Gasteiger partial charge in [0.15, 0.2) is 0 Å². The van der Waals surface area contributed by atoms with Crippen LogP contribution in [-0.2, 0) is 6.42 Å². The summed E-state index contributed by atoms with van der Waals surface area (Å²) in [7, 11) is 0. The van der Waals surface area contributed by atoms with Crippen molar-refractivity contribution in [3.8, 4) is 0 Å². The zero-order valence-electron chi connectivity index (χ0n) is 6.29. The second-order valence-corrected chi connectivity index (χ2v) is 2.10. The molecular weight excluding hydrogens is 146 g/mol. The van der Waals surface area contributed by atoms with Crippen molar-refractivity contribution in [2.45, 2.75) is 20.3 Å². The first-order chi connectivity index (χ1) is 4.34. The summed E-state index contributed by atoms with van der Waals surface area (Å²) in [6.07, 6.45) is 2.91. The Labute approximate surface area is 67.9 Å². The largest absolute Gasteiger partial charge is 0.261 e. The lowest BCUT2D eigenvalue weighted by Crippen LogP contribution is -1.87. The monoisotopic (exact) mass is 157 g/mol. The van der Waals surface area contributed by atoms with Crippen LogP contribution in [0.15, 0.2) is 18.3 Å². The quantitative estimate of drug-likeness (QED) is 0.610. The van der Waals surface area contributed by atoms with Crippen molar-refractivity contribution >= 4 is 12.4 Å². The Hall–Kier alpha value is -0.560. The number of pyridine rings is 1. The molecule has 0 amide bonds. The van der Waals surface area contributed by atoms with E-state index in [0.29, 0.717) is 0 Å². The third kappa shape index (κ3) is 1.99. The molecule has 0 aromatic carbocycles. The van der Waals surface area contributed by atoms with Crippen LogP contribution in [0.5, 0.6) is 0 Å². The van der Waals surface area contributed by atoms with Gasteiger partial charge in [-0.1, -0.05) is 13.0 Å². The average molecular weight is 158 g/mol. The van der Waals surface area contributed by atoms with Crippen molar-refractivity contribution in [2.75, 3.05) is 0 Å². The van der Waals surface area contributed by atoms with Crippen LogP contribution in [0.4, 0.5) is 0 Å². The molecule has 0 unspecified atom stereocenters. The van der Waals surface area contributed by atoms with Crippen LogP contribution in [0.25, 0.3) is 0 Å². The fraction of sp³-hybridized carbons (Fsp3) is 0.375. The summed E-state index contributed by atoms with van der Waals surface area (Å²) in [6.45, 7) is 4.18. The molecule has 1 heterocycles. The maximum atomic E-state index is 4.15. The van der Waals surface area contributed by atoms with Crippen LogP contribution >= 0.6 is 12.4 Å². The summed E-state index contributed by atoms with van der Waals surface area (Å²) < 4.78 is 0. The molecule has 0 aliphatic heterocycles. The number of nitrogens with zero attached hydrogens (tertiary/aromatic N) is 1. The number of hydrogen-bond acceptors (Lipinski definition) is 1. The van der Waals surface area contributed by atoms with E-state index in [4.69, 9.17) is 0 Å². The van der Waals surface area contributed by atoms with Gasteiger partial charge in [-0.3, -0.25) is 4.98 Å². The fourth-order valence-corrected chi connectivity index (χ4v) is 0.891. The summed E-state index contributed by atoms with van der Waals surface area (Å²) in [5.74, 6) is 0. The smallest absolute Gasteiger partial charge is 0.0404 e. The summed E-state index contributed by atoms with van der Waals surface area (Å²) >= 11 is 0. The highest BCUT2D eigenvalue weighted by atomic mass is 35.5. The highest BCUT2D eigenvalue weighted by Crippen LogP contribution is 2.02. The molecule has 0 atom stereocenters. The van der Waals surface area contributed by atoms with E-state index in [2.05, 4.69) is 18.0 Å². The zero-order valence-corrected chi connectivity index (χ0v) is 7.11. The van der Waals surface area contributed by atoms with Crippen molar-refractivity contribution in [2.24, 2.45) is 0 Å². The van der Waals surface area contributed by atoms with E-state index in [1.807, 2.05) is 19.2 Å². The molecule has 0 N–H and O–H groups in total. The summed E-state index contributed by atoms with van der Waals surface area (Å²) in [5.41, 5.74) is 2.50. The van der Waals surface area contributed by atoms with Crippen LogP contribution in [0.1, 0.15) is 18.2 Å². The van der Waals surface area contributed by atoms with Gasteiger partial charge in [-0.15, -0.1) is 12.4 Å². The number of aromatic nitrogens is 1. The van der Waals surface area contributed by atoms with Gasteiger partial charge < -0.3 is 0 Å². The van der Waals surface area contributed by atoms with Crippen molar-refractivity contribution in [3.63, 3.8) is 0 Å². The number of hydrogen-bond donors (Lipinski definition) is 0. The summed E-state index contributed by atoms with van der Waals surface area (Å²) in [4.78, 5) is 4.15. The minimum Gasteiger partial charge on any atom is -0.261 e. The Morgan fingerprint density at radius 2 is 2.20 bits per heavy atom. The molecule has 0 fully saturated rings. The molecule has 10 heavy (non-hydrogen) atoms. The van der Waals surface area contributed by atoms with Gasteiger partial charge in [0.1, 0.15) is 0 Å². The van der Waals surface area contributed by atoms with Gasteiger partial charge in [-0.2, -0.15) is 0 Å². The molecule has 1 aromatic heterocycles. The summed E-state index contributed by atoms with van der Waals surface area (Å²) in [6, 6.07) is 4.09. The third-order valence-corrected chi connectivity index (χ3v) is 1.50. The lowest BCUT2D eigenvalue weighted by Gasteiger charge is -1.97. The highest BCUT2D eigenvalue weighted by molar-refractivity contribution is 5.85. The van der Waals surface area contributed by atoms with E-state index >= 15 is 0 Å². The van der Waals surface area contributed by atoms with E-state index in [1.165, 1.54) is 5.56 Å². The molecule has 0 saturated carbocycles. The minimum absolute atomic E-state index is 0. The molecular formula is C8H12ClN. The lowest BCUT2D eigenvalue weighted by molar-refractivity contribution is 1.05. The standard InChI is InChI=1S/C8H11N.ClH/c1-3-8-5-4-6-9-7(8)2;/h4-6H,3H2,1-2H3;1H. The van der Waals surface area contributed by atoms with E-state index in [9.17, 15) is 0 Å². The van der Waals surface area contributed by atoms with E-state index in [0.717, 1.165) is 12.1 Å². The van der Waals surface area contributed by atoms with Gasteiger partial charge in [0, 0.05) is 11.9 Å². The second-order valence-electron chi connectivity index (χ2n) is 2.10. The molecule has 2 heteroatoms. The van der Waals surface area contributed by atoms with Crippen LogP contribution in [0.3, 0.4) is 0 Å². The predicted octanol–water partition coefficient (Wildman–Crippen LogP) is 2.37. The number of halogens is 1. The molecule has 0 spiro atoms. The van der Waals surface area contributed by atoms with Gasteiger partial charge in [-0.05, 0) is 25.0 Å². The Bertz CT molecular complexity index is 198. The molecule has 0 radical (unpaired) electrons. The second kappa shape index (κ2) is 4.29. The third-order valence-electron chi connectivity index (χ3n) is 1.50. The van der Waals surface area contributed by atoms with Crippen LogP contribution in [0.2, 0.25) is 0 Å². The lowest BCUT2D eigenvalue weighted by atomic mass is 10.2. The van der Waals surface area contributed by atoms with Crippen molar-refractivity contribution in [1.29, 1.82) is 0 Å². The Balaban J connectivity index is 0.000000810. The Morgan fingerprint density at radius 3 is 2.60 bits per heavy atom. The Kier molecular flexibility index (Phi) is 4.05. The van der Waals surface area contributed by atoms with Crippen LogP contribution in [0, 0.1) is 6.92 Å². The first-order valence-electron chi connectivity index (χ1n) is 3.25. The minimum atomic E-state index is 0. The molecule has 0 saturated heterocycles. The maximum Gasteiger partial charge on any atom is 0.0404 e. The highest BCUT2D eigenvalue weighted by Gasteiger charge is 1.91. The van der Waals surface area contributed by atoms with Gasteiger partial charge >= 0.3 is 0 Å². The van der Waals surface area contributed by atoms with Gasteiger partial charge in [0.25, 0.3) is 0 Å². The topological polar surface area (TPSA) is 12.9 Å². The maximum absolute atomic E-state index is 4.15. The number of aryl methyl sites for hydroxylation is 2. The first-order valence-corrected chi connectivity index (χ1v) is 3.25. The molecule has 56 valence electrons. The first kappa shape index (κ1) is 9.44. The van der Waals surface area contributed by atoms with E-state index < -0.39 is 0 Å². The van der Waals surface area contributed by atoms with E-state index in [1.54, 1.807) is 0 Å². The Morgan fingerprint density at radius 1 is 1.50 bits per heavy atom. The van der Waals surface area contributed by atoms with Crippen LogP contribution < -0.4 is 0 Å². The SMILES string of the molecule is CCc1cccnc1C.Cl.